The molecule has 0 aliphatic heterocycles. The molecule has 37 heavy (non-hydrogen) atoms. The van der Waals surface area contributed by atoms with Crippen molar-refractivity contribution in [2.75, 3.05) is 11.9 Å². The first-order valence-corrected chi connectivity index (χ1v) is 16.5. The number of carbonyl (C=O) groups excluding carboxylic acids is 1. The van der Waals surface area contributed by atoms with Gasteiger partial charge in [0.2, 0.25) is 5.91 Å². The quantitative estimate of drug-likeness (QED) is 0.239. The normalized spacial score (nSPS) is 13.4. The van der Waals surface area contributed by atoms with E-state index in [0.717, 1.165) is 53.4 Å². The molecule has 2 amide bonds. The fraction of sp³-hybridized carbons (Fsp3) is 0.393. The maximum absolute atomic E-state index is 13.0. The van der Waals surface area contributed by atoms with E-state index in [4.69, 9.17) is 9.84 Å². The first-order chi connectivity index (χ1) is 17.7. The van der Waals surface area contributed by atoms with Crippen molar-refractivity contribution in [3.8, 4) is 11.1 Å². The topological polar surface area (TPSA) is 105 Å². The standard InChI is InChI=1S/C28H36N4O4Si/c1-37(2,3)16-15-36-19-32-18-24-23-12-11-22(17-21(23)10-14-25(24)31-32)29-27(33)26(30-28(34)35)13-9-20-7-5-4-6-8-20/h4-8,11-12,17-18,26,30H,9-10,13-16,19H2,1-3H3,(H,29,33)(H,34,35)/t26-/m1/s1. The molecule has 0 saturated heterocycles. The Hall–Kier alpha value is -3.43. The largest absolute Gasteiger partial charge is 0.465 e. The highest BCUT2D eigenvalue weighted by atomic mass is 28.3. The van der Waals surface area contributed by atoms with Crippen LogP contribution in [0.3, 0.4) is 0 Å². The number of carboxylic acid groups (broad SMARTS) is 1. The van der Waals surface area contributed by atoms with Crippen LogP contribution in [0.4, 0.5) is 10.5 Å². The van der Waals surface area contributed by atoms with Gasteiger partial charge in [-0.25, -0.2) is 9.48 Å². The van der Waals surface area contributed by atoms with Gasteiger partial charge in [-0.2, -0.15) is 5.10 Å². The SMILES string of the molecule is C[Si](C)(C)CCOCn1cc2c(n1)CCc1cc(NC(=O)[C@@H](CCc3ccccc3)NC(=O)O)ccc1-2. The Morgan fingerprint density at radius 1 is 1.11 bits per heavy atom. The van der Waals surface area contributed by atoms with Gasteiger partial charge in [-0.15, -0.1) is 0 Å². The summed E-state index contributed by atoms with van der Waals surface area (Å²) in [6, 6.07) is 15.8. The van der Waals surface area contributed by atoms with Crippen molar-refractivity contribution in [3.63, 3.8) is 0 Å². The average Bonchev–Trinajstić information content (AvgIpc) is 3.27. The van der Waals surface area contributed by atoms with Crippen LogP contribution in [0.15, 0.2) is 54.7 Å². The molecule has 0 fully saturated rings. The lowest BCUT2D eigenvalue weighted by Gasteiger charge is -2.19. The Morgan fingerprint density at radius 3 is 2.62 bits per heavy atom. The highest BCUT2D eigenvalue weighted by Crippen LogP contribution is 2.34. The molecule has 1 aromatic heterocycles. The average molecular weight is 521 g/mol. The van der Waals surface area contributed by atoms with Crippen molar-refractivity contribution >= 4 is 25.8 Å². The van der Waals surface area contributed by atoms with Gasteiger partial charge >= 0.3 is 6.09 Å². The monoisotopic (exact) mass is 520 g/mol. The zero-order chi connectivity index (χ0) is 26.4. The molecule has 2 aromatic carbocycles. The van der Waals surface area contributed by atoms with E-state index in [2.05, 4.69) is 30.3 Å². The number of hydrogen-bond donors (Lipinski definition) is 3. The molecule has 4 rings (SSSR count). The molecular weight excluding hydrogens is 484 g/mol. The number of nitrogens with one attached hydrogen (secondary N) is 2. The Kier molecular flexibility index (Phi) is 8.45. The Morgan fingerprint density at radius 2 is 1.89 bits per heavy atom. The van der Waals surface area contributed by atoms with E-state index in [9.17, 15) is 14.7 Å². The van der Waals surface area contributed by atoms with Crippen LogP contribution in [-0.4, -0.2) is 47.6 Å². The van der Waals surface area contributed by atoms with Crippen LogP contribution in [0.5, 0.6) is 0 Å². The van der Waals surface area contributed by atoms with E-state index in [1.54, 1.807) is 0 Å². The van der Waals surface area contributed by atoms with Crippen LogP contribution in [-0.2, 0) is 35.5 Å². The predicted molar refractivity (Wildman–Crippen MR) is 148 cm³/mol. The summed E-state index contributed by atoms with van der Waals surface area (Å²) in [5.74, 6) is -0.363. The van der Waals surface area contributed by atoms with Crippen LogP contribution < -0.4 is 10.6 Å². The molecule has 8 nitrogen and oxygen atoms in total. The summed E-state index contributed by atoms with van der Waals surface area (Å²) in [4.78, 5) is 24.3. The molecule has 1 aliphatic carbocycles. The fourth-order valence-corrected chi connectivity index (χ4v) is 5.23. The number of nitrogens with zero attached hydrogens (tertiary/aromatic N) is 2. The highest BCUT2D eigenvalue weighted by Gasteiger charge is 2.23. The molecule has 3 N–H and O–H groups in total. The molecule has 1 atom stereocenters. The van der Waals surface area contributed by atoms with E-state index < -0.39 is 20.2 Å². The molecule has 0 spiro atoms. The first kappa shape index (κ1) is 26.6. The molecule has 196 valence electrons. The first-order valence-electron chi connectivity index (χ1n) is 12.8. The minimum Gasteiger partial charge on any atom is -0.465 e. The number of anilines is 1. The Balaban J connectivity index is 1.40. The van der Waals surface area contributed by atoms with Crippen LogP contribution in [0.1, 0.15) is 23.2 Å². The summed E-state index contributed by atoms with van der Waals surface area (Å²) in [5.41, 5.74) is 6.12. The summed E-state index contributed by atoms with van der Waals surface area (Å²) < 4.78 is 7.73. The Labute approximate surface area is 219 Å². The summed E-state index contributed by atoms with van der Waals surface area (Å²) in [6.07, 6.45) is 3.43. The van der Waals surface area contributed by atoms with Crippen LogP contribution in [0, 0.1) is 0 Å². The van der Waals surface area contributed by atoms with Crippen molar-refractivity contribution in [1.29, 1.82) is 0 Å². The van der Waals surface area contributed by atoms with E-state index in [1.807, 2.05) is 59.4 Å². The number of hydrogen-bond acceptors (Lipinski definition) is 4. The minimum absolute atomic E-state index is 0.363. The highest BCUT2D eigenvalue weighted by molar-refractivity contribution is 6.76. The molecule has 0 unspecified atom stereocenters. The summed E-state index contributed by atoms with van der Waals surface area (Å²) >= 11 is 0. The van der Waals surface area contributed by atoms with Crippen molar-refractivity contribution in [1.82, 2.24) is 15.1 Å². The van der Waals surface area contributed by atoms with Gasteiger partial charge in [-0.3, -0.25) is 4.79 Å². The van der Waals surface area contributed by atoms with Gasteiger partial charge in [-0.1, -0.05) is 56.0 Å². The maximum atomic E-state index is 13.0. The van der Waals surface area contributed by atoms with E-state index in [-0.39, 0.29) is 5.91 Å². The van der Waals surface area contributed by atoms with E-state index >= 15 is 0 Å². The van der Waals surface area contributed by atoms with Gasteiger partial charge in [-0.05, 0) is 60.6 Å². The number of rotatable bonds is 11. The van der Waals surface area contributed by atoms with E-state index in [1.165, 1.54) is 0 Å². The number of aromatic nitrogens is 2. The summed E-state index contributed by atoms with van der Waals surface area (Å²) in [5, 5.41) is 19.2. The van der Waals surface area contributed by atoms with Crippen LogP contribution >= 0.6 is 0 Å². The Bertz CT molecular complexity index is 1240. The van der Waals surface area contributed by atoms with Gasteiger partial charge < -0.3 is 20.5 Å². The summed E-state index contributed by atoms with van der Waals surface area (Å²) in [6.45, 7) is 8.21. The van der Waals surface area contributed by atoms with Crippen molar-refractivity contribution in [2.24, 2.45) is 0 Å². The number of ether oxygens (including phenoxy) is 1. The van der Waals surface area contributed by atoms with Gasteiger partial charge in [0.05, 0.1) is 5.69 Å². The second kappa shape index (κ2) is 11.7. The lowest BCUT2D eigenvalue weighted by Crippen LogP contribution is -2.43. The zero-order valence-electron chi connectivity index (χ0n) is 21.8. The third kappa shape index (κ3) is 7.53. The predicted octanol–water partition coefficient (Wildman–Crippen LogP) is 5.17. The van der Waals surface area contributed by atoms with Gasteiger partial charge in [0.15, 0.2) is 0 Å². The number of benzene rings is 2. The van der Waals surface area contributed by atoms with Crippen molar-refractivity contribution < 1.29 is 19.4 Å². The minimum atomic E-state index is -1.22. The fourth-order valence-electron chi connectivity index (χ4n) is 4.47. The number of aryl methyl sites for hydroxylation is 3. The van der Waals surface area contributed by atoms with Crippen molar-refractivity contribution in [3.05, 3.63) is 71.5 Å². The molecule has 1 aliphatic rings. The molecule has 1 heterocycles. The van der Waals surface area contributed by atoms with Gasteiger partial charge in [0, 0.05) is 32.1 Å². The number of amides is 2. The smallest absolute Gasteiger partial charge is 0.405 e. The lowest BCUT2D eigenvalue weighted by molar-refractivity contribution is -0.118. The van der Waals surface area contributed by atoms with Crippen LogP contribution in [0.2, 0.25) is 25.7 Å². The molecular formula is C28H36N4O4Si. The van der Waals surface area contributed by atoms with Crippen LogP contribution in [0.25, 0.3) is 11.1 Å². The lowest BCUT2D eigenvalue weighted by atomic mass is 9.89. The van der Waals surface area contributed by atoms with E-state index in [0.29, 0.717) is 25.3 Å². The number of fused-ring (bicyclic) bond motifs is 3. The maximum Gasteiger partial charge on any atom is 0.405 e. The van der Waals surface area contributed by atoms with Gasteiger partial charge in [0.25, 0.3) is 0 Å². The second-order valence-electron chi connectivity index (χ2n) is 10.8. The molecule has 0 saturated carbocycles. The molecule has 0 bridgehead atoms. The second-order valence-corrected chi connectivity index (χ2v) is 16.4. The molecule has 3 aromatic rings. The molecule has 0 radical (unpaired) electrons. The molecule has 9 heteroatoms. The summed E-state index contributed by atoms with van der Waals surface area (Å²) in [7, 11) is -1.12. The third-order valence-electron chi connectivity index (χ3n) is 6.53. The van der Waals surface area contributed by atoms with Crippen molar-refractivity contribution in [2.45, 2.75) is 64.1 Å². The zero-order valence-corrected chi connectivity index (χ0v) is 22.8. The van der Waals surface area contributed by atoms with Gasteiger partial charge in [0.1, 0.15) is 12.8 Å². The number of carbonyl (C=O) groups is 2. The third-order valence-corrected chi connectivity index (χ3v) is 8.24.